The topological polar surface area (TPSA) is 64.6 Å². The molecule has 0 spiro atoms. The molecule has 8 heteroatoms. The Hall–Kier alpha value is -2.20. The van der Waals surface area contributed by atoms with Gasteiger partial charge in [-0.05, 0) is 35.7 Å². The van der Waals surface area contributed by atoms with Crippen molar-refractivity contribution < 1.29 is 18.9 Å². The van der Waals surface area contributed by atoms with Crippen molar-refractivity contribution >= 4 is 29.9 Å². The number of aliphatic imine (C=N–C) groups is 1. The number of nitrogens with one attached hydrogen (secondary N) is 1. The average molecular weight is 541 g/mol. The highest BCUT2D eigenvalue weighted by atomic mass is 127. The molecule has 0 saturated carbocycles. The molecule has 1 atom stereocenters. The van der Waals surface area contributed by atoms with E-state index < -0.39 is 0 Å². The zero-order valence-corrected chi connectivity index (χ0v) is 21.1. The van der Waals surface area contributed by atoms with Crippen molar-refractivity contribution in [3.05, 3.63) is 53.1 Å². The van der Waals surface area contributed by atoms with Crippen LogP contribution < -0.4 is 19.5 Å². The van der Waals surface area contributed by atoms with Crippen LogP contribution in [0.3, 0.4) is 0 Å². The predicted molar refractivity (Wildman–Crippen MR) is 133 cm³/mol. The Labute approximate surface area is 201 Å². The molecule has 1 N–H and O–H groups in total. The third-order valence-electron chi connectivity index (χ3n) is 5.29. The summed E-state index contributed by atoms with van der Waals surface area (Å²) in [5, 5.41) is 3.45. The van der Waals surface area contributed by atoms with Gasteiger partial charge in [0.25, 0.3) is 0 Å². The minimum atomic E-state index is 0. The van der Waals surface area contributed by atoms with Crippen LogP contribution in [0.1, 0.15) is 22.8 Å². The lowest BCUT2D eigenvalue weighted by molar-refractivity contribution is -0.00833. The summed E-state index contributed by atoms with van der Waals surface area (Å²) in [6.07, 6.45) is 0.0275. The van der Waals surface area contributed by atoms with Gasteiger partial charge in [0.15, 0.2) is 17.5 Å². The molecule has 31 heavy (non-hydrogen) atoms. The molecule has 1 aliphatic heterocycles. The Morgan fingerprint density at radius 2 is 1.81 bits per heavy atom. The molecule has 1 saturated heterocycles. The number of methoxy groups -OCH3 is 3. The molecule has 0 amide bonds. The van der Waals surface area contributed by atoms with Gasteiger partial charge in [0.2, 0.25) is 5.75 Å². The fourth-order valence-electron chi connectivity index (χ4n) is 3.73. The van der Waals surface area contributed by atoms with Crippen molar-refractivity contribution in [2.45, 2.75) is 19.6 Å². The molecular weight excluding hydrogens is 509 g/mol. The van der Waals surface area contributed by atoms with Gasteiger partial charge in [-0.3, -0.25) is 4.99 Å². The summed E-state index contributed by atoms with van der Waals surface area (Å²) in [6.45, 7) is 4.89. The first kappa shape index (κ1) is 25.1. The fourth-order valence-corrected chi connectivity index (χ4v) is 3.73. The van der Waals surface area contributed by atoms with Crippen LogP contribution in [-0.4, -0.2) is 58.9 Å². The van der Waals surface area contributed by atoms with Crippen molar-refractivity contribution in [2.75, 3.05) is 48.1 Å². The molecular formula is C23H32IN3O4. The van der Waals surface area contributed by atoms with E-state index >= 15 is 0 Å². The van der Waals surface area contributed by atoms with Crippen LogP contribution in [0.15, 0.2) is 41.4 Å². The summed E-state index contributed by atoms with van der Waals surface area (Å²) >= 11 is 0. The Kier molecular flexibility index (Phi) is 9.70. The summed E-state index contributed by atoms with van der Waals surface area (Å²) in [5.74, 6) is 2.69. The monoisotopic (exact) mass is 541 g/mol. The summed E-state index contributed by atoms with van der Waals surface area (Å²) in [4.78, 5) is 6.72. The van der Waals surface area contributed by atoms with E-state index in [1.807, 2.05) is 12.1 Å². The summed E-state index contributed by atoms with van der Waals surface area (Å²) in [7, 11) is 6.64. The predicted octanol–water partition coefficient (Wildman–Crippen LogP) is 3.79. The number of benzene rings is 2. The van der Waals surface area contributed by atoms with Gasteiger partial charge in [0.05, 0.1) is 34.5 Å². The lowest BCUT2D eigenvalue weighted by Crippen LogP contribution is -2.48. The van der Waals surface area contributed by atoms with E-state index in [1.165, 1.54) is 11.1 Å². The first-order valence-electron chi connectivity index (χ1n) is 10.0. The van der Waals surface area contributed by atoms with E-state index in [0.29, 0.717) is 30.4 Å². The maximum Gasteiger partial charge on any atom is 0.203 e. The van der Waals surface area contributed by atoms with Crippen molar-refractivity contribution in [3.8, 4) is 17.2 Å². The van der Waals surface area contributed by atoms with Gasteiger partial charge in [0.1, 0.15) is 6.10 Å². The molecule has 170 valence electrons. The summed E-state index contributed by atoms with van der Waals surface area (Å²) in [5.41, 5.74) is 3.47. The van der Waals surface area contributed by atoms with Crippen molar-refractivity contribution in [2.24, 2.45) is 4.99 Å². The van der Waals surface area contributed by atoms with Gasteiger partial charge in [-0.2, -0.15) is 0 Å². The Morgan fingerprint density at radius 3 is 2.39 bits per heavy atom. The maximum atomic E-state index is 6.05. The van der Waals surface area contributed by atoms with E-state index in [1.54, 1.807) is 28.4 Å². The van der Waals surface area contributed by atoms with Crippen LogP contribution >= 0.6 is 24.0 Å². The van der Waals surface area contributed by atoms with Gasteiger partial charge in [-0.15, -0.1) is 24.0 Å². The quantitative estimate of drug-likeness (QED) is 0.341. The summed E-state index contributed by atoms with van der Waals surface area (Å²) < 4.78 is 22.4. The highest BCUT2D eigenvalue weighted by Crippen LogP contribution is 2.38. The molecule has 2 aromatic carbocycles. The first-order chi connectivity index (χ1) is 14.6. The molecule has 0 aliphatic carbocycles. The van der Waals surface area contributed by atoms with E-state index in [0.717, 1.165) is 24.6 Å². The maximum absolute atomic E-state index is 6.05. The number of guanidine groups is 1. The van der Waals surface area contributed by atoms with Gasteiger partial charge in [-0.25, -0.2) is 0 Å². The smallest absolute Gasteiger partial charge is 0.203 e. The first-order valence-corrected chi connectivity index (χ1v) is 10.0. The minimum Gasteiger partial charge on any atom is -0.493 e. The fraction of sp³-hybridized carbons (Fsp3) is 0.435. The minimum absolute atomic E-state index is 0. The standard InChI is InChI=1S/C23H31N3O4.HI/c1-16-8-6-7-9-18(16)21-15-26(10-11-30-21)23(24-2)25-14-17-12-19(27-3)22(29-5)20(13-17)28-4;/h6-9,12-13,21H,10-11,14-15H2,1-5H3,(H,24,25);1H. The molecule has 1 heterocycles. The molecule has 1 aliphatic rings. The second kappa shape index (κ2) is 12.0. The van der Waals surface area contributed by atoms with Crippen molar-refractivity contribution in [3.63, 3.8) is 0 Å². The zero-order valence-electron chi connectivity index (χ0n) is 18.8. The number of hydrogen-bond donors (Lipinski definition) is 1. The lowest BCUT2D eigenvalue weighted by Gasteiger charge is -2.35. The molecule has 0 radical (unpaired) electrons. The molecule has 3 rings (SSSR count). The van der Waals surface area contributed by atoms with Crippen molar-refractivity contribution in [1.29, 1.82) is 0 Å². The third-order valence-corrected chi connectivity index (χ3v) is 5.29. The SMILES string of the molecule is CN=C(NCc1cc(OC)c(OC)c(OC)c1)N1CCOC(c2ccccc2C)C1.I. The number of aryl methyl sites for hydroxylation is 1. The normalized spacial score (nSPS) is 16.4. The number of hydrogen-bond acceptors (Lipinski definition) is 5. The number of ether oxygens (including phenoxy) is 4. The van der Waals surface area contributed by atoms with Crippen LogP contribution in [0.5, 0.6) is 17.2 Å². The molecule has 0 aromatic heterocycles. The lowest BCUT2D eigenvalue weighted by atomic mass is 10.0. The third kappa shape index (κ3) is 5.94. The Morgan fingerprint density at radius 1 is 1.13 bits per heavy atom. The van der Waals surface area contributed by atoms with E-state index in [4.69, 9.17) is 18.9 Å². The second-order valence-corrected chi connectivity index (χ2v) is 7.10. The largest absolute Gasteiger partial charge is 0.493 e. The summed E-state index contributed by atoms with van der Waals surface area (Å²) in [6, 6.07) is 12.2. The molecule has 1 unspecified atom stereocenters. The van der Waals surface area contributed by atoms with E-state index in [2.05, 4.69) is 46.4 Å². The van der Waals surface area contributed by atoms with Gasteiger partial charge in [-0.1, -0.05) is 24.3 Å². The van der Waals surface area contributed by atoms with Crippen LogP contribution in [-0.2, 0) is 11.3 Å². The highest BCUT2D eigenvalue weighted by Gasteiger charge is 2.25. The average Bonchev–Trinajstić information content (AvgIpc) is 2.79. The Balaban J connectivity index is 0.00000341. The van der Waals surface area contributed by atoms with Crippen LogP contribution in [0.4, 0.5) is 0 Å². The van der Waals surface area contributed by atoms with Gasteiger partial charge < -0.3 is 29.2 Å². The number of nitrogens with zero attached hydrogens (tertiary/aromatic N) is 2. The van der Waals surface area contributed by atoms with Crippen molar-refractivity contribution in [1.82, 2.24) is 10.2 Å². The van der Waals surface area contributed by atoms with Crippen LogP contribution in [0.2, 0.25) is 0 Å². The van der Waals surface area contributed by atoms with Gasteiger partial charge in [0, 0.05) is 20.1 Å². The van der Waals surface area contributed by atoms with Crippen LogP contribution in [0.25, 0.3) is 0 Å². The van der Waals surface area contributed by atoms with Gasteiger partial charge >= 0.3 is 0 Å². The van der Waals surface area contributed by atoms with Crippen LogP contribution in [0, 0.1) is 6.92 Å². The number of morpholine rings is 1. The Bertz CT molecular complexity index is 866. The molecule has 0 bridgehead atoms. The molecule has 1 fully saturated rings. The van der Waals surface area contributed by atoms with E-state index in [9.17, 15) is 0 Å². The number of halogens is 1. The second-order valence-electron chi connectivity index (χ2n) is 7.10. The highest BCUT2D eigenvalue weighted by molar-refractivity contribution is 14.0. The zero-order chi connectivity index (χ0) is 21.5. The number of rotatable bonds is 6. The molecule has 2 aromatic rings. The van der Waals surface area contributed by atoms with E-state index in [-0.39, 0.29) is 30.1 Å². The molecule has 7 nitrogen and oxygen atoms in total.